The number of fused-ring (bicyclic) bond motifs is 1. The Morgan fingerprint density at radius 3 is 2.33 bits per heavy atom. The zero-order valence-electron chi connectivity index (χ0n) is 25.1. The van der Waals surface area contributed by atoms with Crippen LogP contribution in [0.3, 0.4) is 0 Å². The predicted octanol–water partition coefficient (Wildman–Crippen LogP) is 7.35. The Bertz CT molecular complexity index is 1950. The molecular weight excluding hydrogens is 583 g/mol. The van der Waals surface area contributed by atoms with Crippen LogP contribution >= 0.6 is 0 Å². The molecule has 1 aliphatic rings. The second-order valence-electron chi connectivity index (χ2n) is 11.8. The van der Waals surface area contributed by atoms with Crippen LogP contribution in [0.5, 0.6) is 0 Å². The molecule has 0 bridgehead atoms. The minimum atomic E-state index is -0.820. The summed E-state index contributed by atoms with van der Waals surface area (Å²) in [4.78, 5) is 35.6. The summed E-state index contributed by atoms with van der Waals surface area (Å²) in [5.41, 5.74) is -0.446. The number of carbonyl (C=O) groups excluding carboxylic acids is 2. The van der Waals surface area contributed by atoms with Crippen molar-refractivity contribution in [3.8, 4) is 22.5 Å². The number of benzene rings is 3. The zero-order chi connectivity index (χ0) is 32.1. The van der Waals surface area contributed by atoms with Gasteiger partial charge in [-0.05, 0) is 92.4 Å². The summed E-state index contributed by atoms with van der Waals surface area (Å²) in [6, 6.07) is 12.5. The van der Waals surface area contributed by atoms with Crippen molar-refractivity contribution >= 4 is 22.7 Å². The third-order valence-electron chi connectivity index (χ3n) is 8.77. The van der Waals surface area contributed by atoms with E-state index in [1.165, 1.54) is 56.4 Å². The van der Waals surface area contributed by atoms with E-state index in [2.05, 4.69) is 15.3 Å². The molecule has 0 spiro atoms. The summed E-state index contributed by atoms with van der Waals surface area (Å²) in [6.45, 7) is 3.45. The molecule has 2 heterocycles. The Morgan fingerprint density at radius 2 is 1.69 bits per heavy atom. The number of rotatable bonds is 8. The van der Waals surface area contributed by atoms with Gasteiger partial charge in [-0.1, -0.05) is 0 Å². The number of Topliss-reactive ketones (excluding diaryl/α,β-unsaturated/α-hetero) is 1. The van der Waals surface area contributed by atoms with Crippen LogP contribution in [0.15, 0.2) is 71.4 Å². The fourth-order valence-corrected chi connectivity index (χ4v) is 6.49. The number of ketones is 1. The van der Waals surface area contributed by atoms with E-state index in [-0.39, 0.29) is 56.8 Å². The molecule has 1 N–H and O–H groups in total. The van der Waals surface area contributed by atoms with E-state index in [1.807, 2.05) is 6.92 Å². The summed E-state index contributed by atoms with van der Waals surface area (Å²) >= 11 is 0. The fraction of sp³-hybridized carbons (Fsp3) is 0.257. The molecule has 6 rings (SSSR count). The summed E-state index contributed by atoms with van der Waals surface area (Å²) < 4.78 is 57.1. The van der Waals surface area contributed by atoms with E-state index in [4.69, 9.17) is 9.15 Å². The number of hydrogen-bond donors (Lipinski definition) is 1. The lowest BCUT2D eigenvalue weighted by molar-refractivity contribution is -0.108. The van der Waals surface area contributed by atoms with Crippen LogP contribution in [0, 0.1) is 24.4 Å². The molecule has 10 heteroatoms. The topological polar surface area (TPSA) is 94.3 Å². The second-order valence-corrected chi connectivity index (χ2v) is 11.8. The number of methoxy groups -OCH3 is 1. The average molecular weight is 614 g/mol. The molecule has 1 saturated carbocycles. The molecule has 0 unspecified atom stereocenters. The Balaban J connectivity index is 1.44. The highest BCUT2D eigenvalue weighted by Crippen LogP contribution is 2.53. The molecule has 45 heavy (non-hydrogen) atoms. The molecule has 3 aromatic carbocycles. The molecule has 7 nitrogen and oxygen atoms in total. The first-order valence-corrected chi connectivity index (χ1v) is 14.4. The molecule has 1 amide bonds. The minimum Gasteiger partial charge on any atom is -0.455 e. The van der Waals surface area contributed by atoms with Crippen LogP contribution in [0.2, 0.25) is 0 Å². The Morgan fingerprint density at radius 1 is 1.00 bits per heavy atom. The first kappa shape index (κ1) is 30.2. The molecule has 2 aromatic heterocycles. The third-order valence-corrected chi connectivity index (χ3v) is 8.77. The summed E-state index contributed by atoms with van der Waals surface area (Å²) in [6.07, 6.45) is 4.23. The molecule has 5 aromatic rings. The Hall–Kier alpha value is -4.83. The lowest BCUT2D eigenvalue weighted by Gasteiger charge is -2.52. The highest BCUT2D eigenvalue weighted by molar-refractivity contribution is 6.12. The summed E-state index contributed by atoms with van der Waals surface area (Å²) in [5.74, 6) is -2.38. The maximum atomic E-state index is 16.5. The van der Waals surface area contributed by atoms with Gasteiger partial charge in [-0.25, -0.2) is 23.1 Å². The van der Waals surface area contributed by atoms with Crippen molar-refractivity contribution < 1.29 is 31.9 Å². The monoisotopic (exact) mass is 613 g/mol. The summed E-state index contributed by atoms with van der Waals surface area (Å²) in [7, 11) is 3.01. The van der Waals surface area contributed by atoms with Crippen LogP contribution in [0.25, 0.3) is 33.4 Å². The maximum absolute atomic E-state index is 16.5. The van der Waals surface area contributed by atoms with Crippen molar-refractivity contribution in [3.63, 3.8) is 0 Å². The third kappa shape index (κ3) is 5.18. The number of furan rings is 1. The number of nitrogens with one attached hydrogen (secondary N) is 1. The van der Waals surface area contributed by atoms with Crippen molar-refractivity contribution in [2.24, 2.45) is 0 Å². The molecule has 1 fully saturated rings. The van der Waals surface area contributed by atoms with Gasteiger partial charge in [-0.2, -0.15) is 0 Å². The van der Waals surface area contributed by atoms with Crippen LogP contribution in [-0.2, 0) is 10.2 Å². The first-order chi connectivity index (χ1) is 21.5. The van der Waals surface area contributed by atoms with Crippen LogP contribution in [0.1, 0.15) is 58.3 Å². The summed E-state index contributed by atoms with van der Waals surface area (Å²) in [5, 5.41) is 2.39. The van der Waals surface area contributed by atoms with E-state index in [1.54, 1.807) is 25.6 Å². The maximum Gasteiger partial charge on any atom is 0.255 e. The number of hydrogen-bond acceptors (Lipinski definition) is 6. The predicted molar refractivity (Wildman–Crippen MR) is 162 cm³/mol. The van der Waals surface area contributed by atoms with Gasteiger partial charge in [0.05, 0.1) is 16.6 Å². The lowest BCUT2D eigenvalue weighted by Crippen LogP contribution is -2.55. The number of amides is 1. The van der Waals surface area contributed by atoms with Crippen LogP contribution < -0.4 is 5.32 Å². The van der Waals surface area contributed by atoms with Gasteiger partial charge >= 0.3 is 0 Å². The Kier molecular flexibility index (Phi) is 7.56. The lowest BCUT2D eigenvalue weighted by atomic mass is 9.56. The van der Waals surface area contributed by atoms with E-state index in [9.17, 15) is 14.0 Å². The van der Waals surface area contributed by atoms with Crippen molar-refractivity contribution in [1.82, 2.24) is 15.3 Å². The van der Waals surface area contributed by atoms with Gasteiger partial charge in [0.1, 0.15) is 34.6 Å². The molecule has 0 aliphatic heterocycles. The van der Waals surface area contributed by atoms with Gasteiger partial charge in [0.2, 0.25) is 0 Å². The molecule has 1 aliphatic carbocycles. The number of ether oxygens (including phenoxy) is 1. The number of halogens is 3. The average Bonchev–Trinajstić information content (AvgIpc) is 3.42. The largest absolute Gasteiger partial charge is 0.455 e. The number of carbonyl (C=O) groups is 2. The standard InChI is InChI=1S/C35H30F3N3O4/c1-19-24(14-21(15-25(19)37)26(42)16-35(17-34(2,18-35)44-4)33-40-12-5-13-41-33)23-10-11-27-28(30(23)38)29(32(43)39-3)31(45-27)20-6-8-22(36)9-7-20/h5-15H,16-18H2,1-4H3,(H,39,43). The van der Waals surface area contributed by atoms with E-state index >= 15 is 8.78 Å². The molecule has 0 atom stereocenters. The SMILES string of the molecule is CNC(=O)c1c(-c2ccc(F)cc2)oc2ccc(-c3cc(C(=O)CC4(c5ncccn5)CC(C)(OC)C4)cc(F)c3C)c(F)c12. The second kappa shape index (κ2) is 11.3. The molecule has 230 valence electrons. The highest BCUT2D eigenvalue weighted by Gasteiger charge is 2.56. The number of nitrogens with zero attached hydrogens (tertiary/aromatic N) is 2. The van der Waals surface area contributed by atoms with Crippen molar-refractivity contribution in [2.45, 2.75) is 44.1 Å². The van der Waals surface area contributed by atoms with E-state index in [0.717, 1.165) is 6.07 Å². The highest BCUT2D eigenvalue weighted by atomic mass is 19.1. The normalized spacial score (nSPS) is 19.4. The number of aromatic nitrogens is 2. The van der Waals surface area contributed by atoms with Gasteiger partial charge in [-0.15, -0.1) is 0 Å². The van der Waals surface area contributed by atoms with Gasteiger partial charge in [0, 0.05) is 55.1 Å². The van der Waals surface area contributed by atoms with Crippen LogP contribution in [-0.4, -0.2) is 41.4 Å². The van der Waals surface area contributed by atoms with Gasteiger partial charge in [0.15, 0.2) is 5.78 Å². The first-order valence-electron chi connectivity index (χ1n) is 14.4. The van der Waals surface area contributed by atoms with Crippen molar-refractivity contribution in [2.75, 3.05) is 14.2 Å². The van der Waals surface area contributed by atoms with Gasteiger partial charge < -0.3 is 14.5 Å². The van der Waals surface area contributed by atoms with Gasteiger partial charge in [-0.3, -0.25) is 9.59 Å². The molecule has 0 saturated heterocycles. The van der Waals surface area contributed by atoms with Crippen LogP contribution in [0.4, 0.5) is 13.2 Å². The Labute approximate surface area is 257 Å². The quantitative estimate of drug-likeness (QED) is 0.184. The molecule has 0 radical (unpaired) electrons. The van der Waals surface area contributed by atoms with Gasteiger partial charge in [0.25, 0.3) is 5.91 Å². The molecular formula is C35H30F3N3O4. The van der Waals surface area contributed by atoms with E-state index in [0.29, 0.717) is 24.2 Å². The fourth-order valence-electron chi connectivity index (χ4n) is 6.49. The zero-order valence-corrected chi connectivity index (χ0v) is 25.1. The minimum absolute atomic E-state index is 0.00298. The smallest absolute Gasteiger partial charge is 0.255 e. The van der Waals surface area contributed by atoms with E-state index < -0.39 is 34.4 Å². The van der Waals surface area contributed by atoms with Crippen molar-refractivity contribution in [1.29, 1.82) is 0 Å². The van der Waals surface area contributed by atoms with Crippen molar-refractivity contribution in [3.05, 3.63) is 107 Å².